The Morgan fingerprint density at radius 3 is 2.08 bits per heavy atom. The quantitative estimate of drug-likeness (QED) is 0.0401. The summed E-state index contributed by atoms with van der Waals surface area (Å²) in [5.74, 6) is 1.25. The van der Waals surface area contributed by atoms with E-state index in [0.29, 0.717) is 37.0 Å². The average Bonchev–Trinajstić information content (AvgIpc) is 3.08. The van der Waals surface area contributed by atoms with Gasteiger partial charge in [0.1, 0.15) is 29.6 Å². The number of ketones is 1. The number of carboxylic acids is 1. The van der Waals surface area contributed by atoms with Crippen LogP contribution >= 0.6 is 0 Å². The zero-order valence-corrected chi connectivity index (χ0v) is 29.2. The van der Waals surface area contributed by atoms with E-state index in [1.165, 1.54) is 18.9 Å². The van der Waals surface area contributed by atoms with Crippen LogP contribution in [0.5, 0.6) is 5.75 Å². The van der Waals surface area contributed by atoms with E-state index < -0.39 is 40.8 Å². The van der Waals surface area contributed by atoms with Gasteiger partial charge in [0, 0.05) is 26.3 Å². The Morgan fingerprint density at radius 2 is 1.54 bits per heavy atom. The van der Waals surface area contributed by atoms with E-state index in [-0.39, 0.29) is 18.8 Å². The maximum Gasteiger partial charge on any atom is 0.347 e. The van der Waals surface area contributed by atoms with Crippen molar-refractivity contribution in [2.45, 2.75) is 116 Å². The summed E-state index contributed by atoms with van der Waals surface area (Å²) in [4.78, 5) is 63.8. The lowest BCUT2D eigenvalue weighted by molar-refractivity contribution is -0.181. The van der Waals surface area contributed by atoms with Crippen molar-refractivity contribution in [1.82, 2.24) is 10.6 Å². The SMILES string of the molecule is CC#CCOc1ccc(C[C@H](NC(=O)[C@@](C)(/C=C/CCCCCCC(=O)CCCCCCC)[C@@](O)(C(=O)O)C(=O)NC)C(=O)OC)cc1. The number of benzene rings is 1. The Balaban J connectivity index is 3.00. The number of methoxy groups -OCH3 is 1. The number of likely N-dealkylation sites (N-methyl/N-ethyl adjacent to an activating group) is 1. The number of hydrogen-bond donors (Lipinski definition) is 4. The van der Waals surface area contributed by atoms with Gasteiger partial charge in [0.25, 0.3) is 11.5 Å². The number of carboxylic acid groups (broad SMARTS) is 1. The molecule has 0 aliphatic carbocycles. The van der Waals surface area contributed by atoms with Crippen LogP contribution in [0.2, 0.25) is 0 Å². The van der Waals surface area contributed by atoms with Crippen molar-refractivity contribution in [2.75, 3.05) is 20.8 Å². The lowest BCUT2D eigenvalue weighted by atomic mass is 9.70. The first-order chi connectivity index (χ1) is 22.9. The van der Waals surface area contributed by atoms with Gasteiger partial charge in [-0.05, 0) is 57.2 Å². The van der Waals surface area contributed by atoms with Crippen molar-refractivity contribution in [1.29, 1.82) is 0 Å². The van der Waals surface area contributed by atoms with E-state index in [1.54, 1.807) is 37.3 Å². The zero-order chi connectivity index (χ0) is 36.0. The Labute approximate surface area is 285 Å². The van der Waals surface area contributed by atoms with E-state index in [0.717, 1.165) is 59.6 Å². The molecule has 1 rings (SSSR count). The molecule has 4 N–H and O–H groups in total. The molecule has 0 unspecified atom stereocenters. The molecule has 0 aromatic heterocycles. The number of hydrogen-bond acceptors (Lipinski definition) is 8. The van der Waals surface area contributed by atoms with E-state index in [9.17, 15) is 34.2 Å². The van der Waals surface area contributed by atoms with Gasteiger partial charge in [-0.3, -0.25) is 14.4 Å². The standard InChI is InChI=1S/C37H54N2O9/c1-6-8-10-13-16-19-29(40)20-17-14-11-12-15-18-25-36(3,37(46,35(44)45)34(43)38-4)33(42)39-31(32(41)47-5)27-28-21-23-30(24-22-28)48-26-9-7-2/h18,21-25,31,46H,6,8,10-17,19-20,26-27H2,1-5H3,(H,38,43)(H,39,42)(H,44,45)/b25-18+/t31-,36+,37-/m0/s1. The van der Waals surface area contributed by atoms with Gasteiger partial charge in [0.2, 0.25) is 5.91 Å². The molecule has 0 aliphatic heterocycles. The third-order valence-electron chi connectivity index (χ3n) is 8.32. The number of ether oxygens (including phenoxy) is 2. The molecule has 0 saturated heterocycles. The number of unbranched alkanes of at least 4 members (excludes halogenated alkanes) is 8. The van der Waals surface area contributed by atoms with Crippen LogP contribution < -0.4 is 15.4 Å². The van der Waals surface area contributed by atoms with Gasteiger partial charge in [-0.1, -0.05) is 75.7 Å². The lowest BCUT2D eigenvalue weighted by Crippen LogP contribution is -2.66. The summed E-state index contributed by atoms with van der Waals surface area (Å²) in [6, 6.07) is 5.47. The molecule has 0 saturated carbocycles. The Bertz CT molecular complexity index is 1280. The minimum absolute atomic E-state index is 0.0277. The number of Topliss-reactive ketones (excluding diaryl/α,β-unsaturated/α-hetero) is 1. The number of aliphatic carboxylic acids is 1. The van der Waals surface area contributed by atoms with Crippen molar-refractivity contribution in [3.05, 3.63) is 42.0 Å². The molecule has 11 nitrogen and oxygen atoms in total. The van der Waals surface area contributed by atoms with Crippen molar-refractivity contribution < 1.29 is 43.7 Å². The summed E-state index contributed by atoms with van der Waals surface area (Å²) in [5, 5.41) is 26.0. The molecular weight excluding hydrogens is 616 g/mol. The van der Waals surface area contributed by atoms with E-state index in [4.69, 9.17) is 9.47 Å². The van der Waals surface area contributed by atoms with Crippen LogP contribution in [0.1, 0.15) is 103 Å². The largest absolute Gasteiger partial charge is 0.481 e. The van der Waals surface area contributed by atoms with Gasteiger partial charge in [0.15, 0.2) is 0 Å². The molecule has 266 valence electrons. The van der Waals surface area contributed by atoms with E-state index in [1.807, 2.05) is 0 Å². The fraction of sp³-hybridized carbons (Fsp3) is 0.595. The van der Waals surface area contributed by atoms with Crippen LogP contribution in [0.3, 0.4) is 0 Å². The Hall–Kier alpha value is -4.17. The monoisotopic (exact) mass is 670 g/mol. The van der Waals surface area contributed by atoms with Crippen LogP contribution in [-0.2, 0) is 35.1 Å². The van der Waals surface area contributed by atoms with Crippen molar-refractivity contribution >= 4 is 29.5 Å². The molecule has 48 heavy (non-hydrogen) atoms. The molecule has 3 atom stereocenters. The summed E-state index contributed by atoms with van der Waals surface area (Å²) in [6.07, 6.45) is 13.0. The molecular formula is C37H54N2O9. The third kappa shape index (κ3) is 13.1. The normalized spacial score (nSPS) is 14.0. The van der Waals surface area contributed by atoms with Crippen LogP contribution in [0.4, 0.5) is 0 Å². The highest BCUT2D eigenvalue weighted by atomic mass is 16.5. The fourth-order valence-corrected chi connectivity index (χ4v) is 5.20. The maximum atomic E-state index is 13.8. The molecule has 0 heterocycles. The number of carbonyl (C=O) groups is 5. The summed E-state index contributed by atoms with van der Waals surface area (Å²) in [7, 11) is 2.30. The highest BCUT2D eigenvalue weighted by Crippen LogP contribution is 2.35. The second kappa shape index (κ2) is 22.4. The van der Waals surface area contributed by atoms with Gasteiger partial charge in [0.05, 0.1) is 7.11 Å². The highest BCUT2D eigenvalue weighted by molar-refractivity contribution is 6.11. The summed E-state index contributed by atoms with van der Waals surface area (Å²) < 4.78 is 10.4. The number of esters is 1. The number of allylic oxidation sites excluding steroid dienone is 1. The number of rotatable bonds is 24. The first-order valence-electron chi connectivity index (χ1n) is 16.8. The average molecular weight is 671 g/mol. The van der Waals surface area contributed by atoms with Crippen LogP contribution in [0.25, 0.3) is 0 Å². The fourth-order valence-electron chi connectivity index (χ4n) is 5.20. The lowest BCUT2D eigenvalue weighted by Gasteiger charge is -2.37. The van der Waals surface area contributed by atoms with E-state index >= 15 is 0 Å². The molecule has 1 aromatic carbocycles. The molecule has 2 amide bonds. The van der Waals surface area contributed by atoms with Crippen LogP contribution in [0.15, 0.2) is 36.4 Å². The zero-order valence-electron chi connectivity index (χ0n) is 29.2. The number of aliphatic hydroxyl groups is 1. The Kier molecular flexibility index (Phi) is 19.5. The smallest absolute Gasteiger partial charge is 0.347 e. The minimum atomic E-state index is -3.21. The van der Waals surface area contributed by atoms with Gasteiger partial charge in [-0.2, -0.15) is 0 Å². The summed E-state index contributed by atoms with van der Waals surface area (Å²) in [6.45, 7) is 5.20. The predicted molar refractivity (Wildman–Crippen MR) is 183 cm³/mol. The van der Waals surface area contributed by atoms with Crippen molar-refractivity contribution in [3.63, 3.8) is 0 Å². The summed E-state index contributed by atoms with van der Waals surface area (Å²) >= 11 is 0. The second-order valence-electron chi connectivity index (χ2n) is 12.0. The first-order valence-corrected chi connectivity index (χ1v) is 16.8. The number of nitrogens with one attached hydrogen (secondary N) is 2. The second-order valence-corrected chi connectivity index (χ2v) is 12.0. The summed E-state index contributed by atoms with van der Waals surface area (Å²) in [5.41, 5.74) is -4.90. The van der Waals surface area contributed by atoms with Crippen molar-refractivity contribution in [3.8, 4) is 17.6 Å². The molecule has 0 bridgehead atoms. The topological polar surface area (TPSA) is 168 Å². The Morgan fingerprint density at radius 1 is 0.938 bits per heavy atom. The third-order valence-corrected chi connectivity index (χ3v) is 8.32. The van der Waals surface area contributed by atoms with Gasteiger partial charge >= 0.3 is 11.9 Å². The first kappa shape index (κ1) is 41.9. The number of carbonyl (C=O) groups excluding carboxylic acids is 4. The van der Waals surface area contributed by atoms with Gasteiger partial charge in [-0.25, -0.2) is 9.59 Å². The minimum Gasteiger partial charge on any atom is -0.481 e. The molecule has 0 spiro atoms. The van der Waals surface area contributed by atoms with E-state index in [2.05, 4.69) is 29.4 Å². The molecule has 11 heteroatoms. The number of amides is 2. The molecule has 1 aromatic rings. The molecule has 0 aliphatic rings. The van der Waals surface area contributed by atoms with Crippen molar-refractivity contribution in [2.24, 2.45) is 5.41 Å². The van der Waals surface area contributed by atoms with Crippen LogP contribution in [0, 0.1) is 17.3 Å². The maximum absolute atomic E-state index is 13.8. The molecule has 0 fully saturated rings. The molecule has 0 radical (unpaired) electrons. The predicted octanol–water partition coefficient (Wildman–Crippen LogP) is 4.68. The van der Waals surface area contributed by atoms with Crippen LogP contribution in [-0.4, -0.2) is 72.2 Å². The van der Waals surface area contributed by atoms with Gasteiger partial charge in [-0.15, -0.1) is 5.92 Å². The van der Waals surface area contributed by atoms with Gasteiger partial charge < -0.3 is 30.3 Å². The highest BCUT2D eigenvalue weighted by Gasteiger charge is 2.61.